The fourth-order valence-electron chi connectivity index (χ4n) is 2.75. The summed E-state index contributed by atoms with van der Waals surface area (Å²) in [4.78, 5) is 16.7. The lowest BCUT2D eigenvalue weighted by molar-refractivity contribution is -0.129. The molecule has 1 aliphatic heterocycles. The van der Waals surface area contributed by atoms with Gasteiger partial charge in [-0.1, -0.05) is 29.8 Å². The average molecular weight is 340 g/mol. The zero-order valence-electron chi connectivity index (χ0n) is 14.1. The Morgan fingerprint density at radius 2 is 2.22 bits per heavy atom. The van der Waals surface area contributed by atoms with E-state index in [4.69, 9.17) is 16.3 Å². The van der Waals surface area contributed by atoms with E-state index in [2.05, 4.69) is 15.1 Å². The first-order chi connectivity index (χ1) is 11.0. The molecule has 0 saturated carbocycles. The van der Waals surface area contributed by atoms with Crippen molar-refractivity contribution in [1.82, 2.24) is 15.1 Å². The molecule has 0 bridgehead atoms. The number of nitrogens with zero attached hydrogens (tertiary/aromatic N) is 2. The van der Waals surface area contributed by atoms with Crippen molar-refractivity contribution in [3.63, 3.8) is 0 Å². The average Bonchev–Trinajstić information content (AvgIpc) is 2.52. The molecule has 1 saturated heterocycles. The molecular weight excluding hydrogens is 314 g/mol. The zero-order chi connectivity index (χ0) is 16.8. The smallest absolute Gasteiger partial charge is 0.237 e. The Hall–Kier alpha value is -1.14. The minimum Gasteiger partial charge on any atom is -0.374 e. The van der Waals surface area contributed by atoms with Crippen molar-refractivity contribution < 1.29 is 9.53 Å². The molecule has 5 nitrogen and oxygen atoms in total. The highest BCUT2D eigenvalue weighted by atomic mass is 35.5. The summed E-state index contributed by atoms with van der Waals surface area (Å²) in [7, 11) is 4.06. The van der Waals surface area contributed by atoms with Gasteiger partial charge in [-0.25, -0.2) is 0 Å². The van der Waals surface area contributed by atoms with Gasteiger partial charge in [0.15, 0.2) is 0 Å². The molecule has 1 heterocycles. The summed E-state index contributed by atoms with van der Waals surface area (Å²) in [6.07, 6.45) is 0.151. The number of hydrogen-bond donors (Lipinski definition) is 1. The number of likely N-dealkylation sites (N-methyl/N-ethyl adjacent to an activating group) is 1. The number of benzene rings is 1. The number of nitrogens with one attached hydrogen (secondary N) is 1. The van der Waals surface area contributed by atoms with Crippen LogP contribution in [-0.2, 0) is 16.1 Å². The summed E-state index contributed by atoms with van der Waals surface area (Å²) in [6.45, 7) is 5.49. The number of hydrogen-bond acceptors (Lipinski definition) is 4. The van der Waals surface area contributed by atoms with Gasteiger partial charge in [-0.3, -0.25) is 9.69 Å². The Morgan fingerprint density at radius 1 is 1.48 bits per heavy atom. The van der Waals surface area contributed by atoms with Crippen LogP contribution in [0.1, 0.15) is 12.5 Å². The van der Waals surface area contributed by atoms with Gasteiger partial charge < -0.3 is 15.0 Å². The first-order valence-electron chi connectivity index (χ1n) is 7.99. The monoisotopic (exact) mass is 339 g/mol. The van der Waals surface area contributed by atoms with Gasteiger partial charge >= 0.3 is 0 Å². The van der Waals surface area contributed by atoms with Crippen molar-refractivity contribution >= 4 is 17.5 Å². The summed E-state index contributed by atoms with van der Waals surface area (Å²) in [5.41, 5.74) is 0.933. The molecular formula is C17H26ClN3O2. The van der Waals surface area contributed by atoms with E-state index in [1.54, 1.807) is 0 Å². The van der Waals surface area contributed by atoms with Gasteiger partial charge in [0.2, 0.25) is 5.91 Å². The second-order valence-corrected chi connectivity index (χ2v) is 6.64. The summed E-state index contributed by atoms with van der Waals surface area (Å²) in [5.74, 6) is 0.0235. The molecule has 1 N–H and O–H groups in total. The maximum Gasteiger partial charge on any atom is 0.237 e. The zero-order valence-corrected chi connectivity index (χ0v) is 14.8. The van der Waals surface area contributed by atoms with Gasteiger partial charge in [-0.15, -0.1) is 0 Å². The second-order valence-electron chi connectivity index (χ2n) is 6.24. The Kier molecular flexibility index (Phi) is 6.84. The SMILES string of the molecule is C[C@@H](C(=O)NCc1ccccc1Cl)N1CCO[C@@H](CN(C)C)C1. The van der Waals surface area contributed by atoms with Crippen molar-refractivity contribution in [1.29, 1.82) is 0 Å². The molecule has 0 spiro atoms. The van der Waals surface area contributed by atoms with Crippen LogP contribution in [0.25, 0.3) is 0 Å². The van der Waals surface area contributed by atoms with Gasteiger partial charge in [0.1, 0.15) is 0 Å². The predicted molar refractivity (Wildman–Crippen MR) is 92.6 cm³/mol. The van der Waals surface area contributed by atoms with Crippen LogP contribution in [-0.4, -0.2) is 68.2 Å². The molecule has 6 heteroatoms. The third kappa shape index (κ3) is 5.46. The van der Waals surface area contributed by atoms with E-state index < -0.39 is 0 Å². The van der Waals surface area contributed by atoms with Crippen molar-refractivity contribution in [3.05, 3.63) is 34.9 Å². The molecule has 1 aromatic rings. The molecule has 1 aromatic carbocycles. The number of carbonyl (C=O) groups excluding carboxylic acids is 1. The van der Waals surface area contributed by atoms with E-state index in [1.165, 1.54) is 0 Å². The van der Waals surface area contributed by atoms with Crippen LogP contribution in [0.4, 0.5) is 0 Å². The van der Waals surface area contributed by atoms with E-state index in [-0.39, 0.29) is 18.1 Å². The Balaban J connectivity index is 1.85. The van der Waals surface area contributed by atoms with Crippen LogP contribution in [0.15, 0.2) is 24.3 Å². The van der Waals surface area contributed by atoms with Crippen LogP contribution in [0.5, 0.6) is 0 Å². The lowest BCUT2D eigenvalue weighted by atomic mass is 10.1. The van der Waals surface area contributed by atoms with E-state index in [0.29, 0.717) is 18.2 Å². The minimum atomic E-state index is -0.175. The standard InChI is InChI=1S/C17H26ClN3O2/c1-13(21-8-9-23-15(12-21)11-20(2)3)17(22)19-10-14-6-4-5-7-16(14)18/h4-7,13,15H,8-12H2,1-3H3,(H,19,22)/t13-,15-/m0/s1. The molecule has 0 unspecified atom stereocenters. The van der Waals surface area contributed by atoms with Crippen LogP contribution >= 0.6 is 11.6 Å². The normalized spacial score (nSPS) is 20.5. The third-order valence-electron chi connectivity index (χ3n) is 4.08. The molecule has 23 heavy (non-hydrogen) atoms. The van der Waals surface area contributed by atoms with Crippen molar-refractivity contribution in [2.75, 3.05) is 40.3 Å². The molecule has 0 aliphatic carbocycles. The summed E-state index contributed by atoms with van der Waals surface area (Å²) in [6, 6.07) is 7.39. The van der Waals surface area contributed by atoms with E-state index in [9.17, 15) is 4.79 Å². The highest BCUT2D eigenvalue weighted by Crippen LogP contribution is 2.15. The molecule has 1 fully saturated rings. The van der Waals surface area contributed by atoms with Gasteiger partial charge in [0.25, 0.3) is 0 Å². The number of carbonyl (C=O) groups is 1. The predicted octanol–water partition coefficient (Wildman–Crippen LogP) is 1.61. The molecule has 2 atom stereocenters. The number of halogens is 1. The van der Waals surface area contributed by atoms with Crippen molar-refractivity contribution in [2.45, 2.75) is 25.6 Å². The van der Waals surface area contributed by atoms with Crippen LogP contribution < -0.4 is 5.32 Å². The highest BCUT2D eigenvalue weighted by molar-refractivity contribution is 6.31. The largest absolute Gasteiger partial charge is 0.374 e. The van der Waals surface area contributed by atoms with E-state index in [0.717, 1.165) is 25.2 Å². The van der Waals surface area contributed by atoms with Crippen LogP contribution in [0.3, 0.4) is 0 Å². The number of rotatable bonds is 6. The Labute approximate surface area is 143 Å². The highest BCUT2D eigenvalue weighted by Gasteiger charge is 2.28. The number of amides is 1. The maximum atomic E-state index is 12.4. The number of morpholine rings is 1. The summed E-state index contributed by atoms with van der Waals surface area (Å²) < 4.78 is 5.76. The van der Waals surface area contributed by atoms with Gasteiger partial charge in [0, 0.05) is 31.2 Å². The van der Waals surface area contributed by atoms with Crippen molar-refractivity contribution in [2.24, 2.45) is 0 Å². The third-order valence-corrected chi connectivity index (χ3v) is 4.45. The Morgan fingerprint density at radius 3 is 2.91 bits per heavy atom. The maximum absolute atomic E-state index is 12.4. The number of ether oxygens (including phenoxy) is 1. The molecule has 128 valence electrons. The molecule has 1 amide bonds. The topological polar surface area (TPSA) is 44.8 Å². The lowest BCUT2D eigenvalue weighted by Gasteiger charge is -2.37. The minimum absolute atomic E-state index is 0.0235. The quantitative estimate of drug-likeness (QED) is 0.855. The van der Waals surface area contributed by atoms with E-state index >= 15 is 0 Å². The first kappa shape index (κ1) is 18.2. The van der Waals surface area contributed by atoms with Crippen molar-refractivity contribution in [3.8, 4) is 0 Å². The fourth-order valence-corrected chi connectivity index (χ4v) is 2.95. The molecule has 2 rings (SSSR count). The van der Waals surface area contributed by atoms with Gasteiger partial charge in [-0.05, 0) is 32.6 Å². The molecule has 0 radical (unpaired) electrons. The lowest BCUT2D eigenvalue weighted by Crippen LogP contribution is -2.53. The van der Waals surface area contributed by atoms with E-state index in [1.807, 2.05) is 45.3 Å². The summed E-state index contributed by atoms with van der Waals surface area (Å²) >= 11 is 6.12. The first-order valence-corrected chi connectivity index (χ1v) is 8.36. The molecule has 1 aliphatic rings. The summed E-state index contributed by atoms with van der Waals surface area (Å²) in [5, 5.41) is 3.65. The molecule has 0 aromatic heterocycles. The van der Waals surface area contributed by atoms with Crippen LogP contribution in [0, 0.1) is 0 Å². The second kappa shape index (κ2) is 8.64. The Bertz CT molecular complexity index is 524. The fraction of sp³-hybridized carbons (Fsp3) is 0.588. The van der Waals surface area contributed by atoms with Crippen LogP contribution in [0.2, 0.25) is 5.02 Å². The van der Waals surface area contributed by atoms with Gasteiger partial charge in [-0.2, -0.15) is 0 Å². The van der Waals surface area contributed by atoms with Gasteiger partial charge in [0.05, 0.1) is 18.8 Å².